The van der Waals surface area contributed by atoms with Gasteiger partial charge in [-0.2, -0.15) is 0 Å². The Morgan fingerprint density at radius 2 is 1.77 bits per heavy atom. The second-order valence-electron chi connectivity index (χ2n) is 7.01. The molecule has 1 amide bonds. The number of rotatable bonds is 5. The highest BCUT2D eigenvalue weighted by Gasteiger charge is 2.46. The number of halogens is 2. The van der Waals surface area contributed by atoms with E-state index < -0.39 is 20.8 Å². The van der Waals surface area contributed by atoms with Gasteiger partial charge in [-0.05, 0) is 31.9 Å². The van der Waals surface area contributed by atoms with Gasteiger partial charge in [-0.15, -0.1) is 0 Å². The summed E-state index contributed by atoms with van der Waals surface area (Å²) in [6.45, 7) is 2.83. The van der Waals surface area contributed by atoms with Crippen LogP contribution in [-0.4, -0.2) is 43.7 Å². The standard InChI is InChI=1S/C17H22F2N2O3S2/c1-12-2-4-15(5-3-12)26(23,24)25-21-8-6-13(7-9-21)16(22)20-14-10-17(18,19)11-14/h2-5,13-14H,6-11H2,1H3,(H,20,22). The van der Waals surface area contributed by atoms with Crippen LogP contribution in [0, 0.1) is 12.8 Å². The third-order valence-corrected chi connectivity index (χ3v) is 8.19. The number of carbonyl (C=O) groups is 1. The maximum atomic E-state index is 12.8. The van der Waals surface area contributed by atoms with Crippen molar-refractivity contribution in [3.8, 4) is 0 Å². The molecule has 1 aromatic carbocycles. The minimum atomic E-state index is -3.48. The molecular formula is C17H22F2N2O3S2. The maximum absolute atomic E-state index is 12.8. The van der Waals surface area contributed by atoms with E-state index in [1.165, 1.54) is 0 Å². The van der Waals surface area contributed by atoms with Gasteiger partial charge in [0.2, 0.25) is 14.8 Å². The molecule has 26 heavy (non-hydrogen) atoms. The van der Waals surface area contributed by atoms with Crippen LogP contribution in [0.5, 0.6) is 0 Å². The second kappa shape index (κ2) is 7.44. The largest absolute Gasteiger partial charge is 0.353 e. The number of alkyl halides is 2. The zero-order valence-corrected chi connectivity index (χ0v) is 16.1. The molecule has 0 spiro atoms. The minimum absolute atomic E-state index is 0.198. The third kappa shape index (κ3) is 4.75. The average molecular weight is 405 g/mol. The van der Waals surface area contributed by atoms with Gasteiger partial charge in [-0.1, -0.05) is 17.7 Å². The highest BCUT2D eigenvalue weighted by atomic mass is 33.1. The summed E-state index contributed by atoms with van der Waals surface area (Å²) in [6.07, 6.45) is 0.460. The van der Waals surface area contributed by atoms with Gasteiger partial charge in [0.1, 0.15) is 0 Å². The predicted octanol–water partition coefficient (Wildman–Crippen LogP) is 2.96. The van der Waals surface area contributed by atoms with E-state index in [-0.39, 0.29) is 29.6 Å². The average Bonchev–Trinajstić information content (AvgIpc) is 2.54. The summed E-state index contributed by atoms with van der Waals surface area (Å²) in [5.74, 6) is -3.10. The van der Waals surface area contributed by atoms with E-state index in [2.05, 4.69) is 5.32 Å². The molecule has 1 saturated heterocycles. The van der Waals surface area contributed by atoms with Crippen LogP contribution < -0.4 is 5.32 Å². The number of nitrogens with one attached hydrogen (secondary N) is 1. The number of hydrogen-bond donors (Lipinski definition) is 1. The second-order valence-corrected chi connectivity index (χ2v) is 10.8. The van der Waals surface area contributed by atoms with Crippen molar-refractivity contribution in [2.75, 3.05) is 13.1 Å². The van der Waals surface area contributed by atoms with Crippen molar-refractivity contribution in [1.82, 2.24) is 9.62 Å². The molecule has 1 aliphatic carbocycles. The van der Waals surface area contributed by atoms with Crippen molar-refractivity contribution in [3.63, 3.8) is 0 Å². The zero-order valence-electron chi connectivity index (χ0n) is 14.5. The Kier molecular flexibility index (Phi) is 5.60. The topological polar surface area (TPSA) is 66.5 Å². The van der Waals surface area contributed by atoms with E-state index in [9.17, 15) is 22.0 Å². The van der Waals surface area contributed by atoms with Crippen molar-refractivity contribution >= 4 is 25.8 Å². The smallest absolute Gasteiger partial charge is 0.252 e. The first-order valence-electron chi connectivity index (χ1n) is 8.59. The van der Waals surface area contributed by atoms with Gasteiger partial charge in [0.25, 0.3) is 5.92 Å². The van der Waals surface area contributed by atoms with Crippen molar-refractivity contribution < 1.29 is 22.0 Å². The highest BCUT2D eigenvalue weighted by molar-refractivity contribution is 8.71. The molecule has 2 aliphatic rings. The summed E-state index contributed by atoms with van der Waals surface area (Å²) in [6, 6.07) is 6.26. The first-order chi connectivity index (χ1) is 12.1. The van der Waals surface area contributed by atoms with Crippen LogP contribution in [0.25, 0.3) is 0 Å². The minimum Gasteiger partial charge on any atom is -0.353 e. The number of nitrogens with zero attached hydrogens (tertiary/aromatic N) is 1. The Balaban J connectivity index is 1.47. The van der Waals surface area contributed by atoms with Gasteiger partial charge in [-0.25, -0.2) is 21.5 Å². The van der Waals surface area contributed by atoms with Gasteiger partial charge < -0.3 is 5.32 Å². The number of amides is 1. The summed E-state index contributed by atoms with van der Waals surface area (Å²) < 4.78 is 52.3. The maximum Gasteiger partial charge on any atom is 0.252 e. The number of aryl methyl sites for hydroxylation is 1. The van der Waals surface area contributed by atoms with Crippen LogP contribution in [0.4, 0.5) is 8.78 Å². The molecule has 5 nitrogen and oxygen atoms in total. The summed E-state index contributed by atoms with van der Waals surface area (Å²) >= 11 is 0. The third-order valence-electron chi connectivity index (χ3n) is 4.77. The fourth-order valence-corrected chi connectivity index (χ4v) is 6.23. The van der Waals surface area contributed by atoms with Crippen LogP contribution >= 0.6 is 11.0 Å². The van der Waals surface area contributed by atoms with E-state index in [4.69, 9.17) is 0 Å². The molecule has 3 rings (SSSR count). The predicted molar refractivity (Wildman–Crippen MR) is 96.4 cm³/mol. The fraction of sp³-hybridized carbons (Fsp3) is 0.588. The Labute approximate surface area is 156 Å². The first kappa shape index (κ1) is 19.6. The molecule has 144 valence electrons. The number of carbonyl (C=O) groups excluding carboxylic acids is 1. The van der Waals surface area contributed by atoms with E-state index in [1.54, 1.807) is 28.6 Å². The molecule has 0 atom stereocenters. The van der Waals surface area contributed by atoms with Crippen molar-refractivity contribution in [3.05, 3.63) is 29.8 Å². The van der Waals surface area contributed by atoms with Crippen molar-refractivity contribution in [1.29, 1.82) is 0 Å². The molecular weight excluding hydrogens is 382 g/mol. The SMILES string of the molecule is Cc1ccc(S(=O)(=O)SN2CCC(C(=O)NC3CC(F)(F)C3)CC2)cc1. The number of hydrogen-bond acceptors (Lipinski definition) is 5. The summed E-state index contributed by atoms with van der Waals surface area (Å²) in [4.78, 5) is 12.4. The lowest BCUT2D eigenvalue weighted by Crippen LogP contribution is -2.52. The van der Waals surface area contributed by atoms with E-state index >= 15 is 0 Å². The van der Waals surface area contributed by atoms with Gasteiger partial charge in [0, 0.05) is 37.9 Å². The van der Waals surface area contributed by atoms with Crippen molar-refractivity contribution in [2.45, 2.75) is 49.5 Å². The van der Waals surface area contributed by atoms with Crippen LogP contribution in [0.3, 0.4) is 0 Å². The number of benzene rings is 1. The van der Waals surface area contributed by atoms with Gasteiger partial charge in [0.15, 0.2) is 0 Å². The summed E-state index contributed by atoms with van der Waals surface area (Å²) in [5.41, 5.74) is 0.991. The van der Waals surface area contributed by atoms with E-state index in [1.807, 2.05) is 6.92 Å². The van der Waals surface area contributed by atoms with E-state index in [0.29, 0.717) is 25.9 Å². The van der Waals surface area contributed by atoms with Crippen molar-refractivity contribution in [2.24, 2.45) is 5.92 Å². The Morgan fingerprint density at radius 3 is 2.31 bits per heavy atom. The molecule has 1 aliphatic heterocycles. The van der Waals surface area contributed by atoms with Gasteiger partial charge >= 0.3 is 0 Å². The Bertz CT molecular complexity index is 753. The normalized spacial score (nSPS) is 22.0. The summed E-state index contributed by atoms with van der Waals surface area (Å²) in [5, 5.41) is 2.67. The number of piperidine rings is 1. The lowest BCUT2D eigenvalue weighted by Gasteiger charge is -2.37. The molecule has 1 heterocycles. The molecule has 2 fully saturated rings. The zero-order chi connectivity index (χ0) is 18.9. The molecule has 1 aromatic rings. The fourth-order valence-electron chi connectivity index (χ4n) is 3.16. The molecule has 0 radical (unpaired) electrons. The Hall–Kier alpha value is -1.19. The molecule has 1 N–H and O–H groups in total. The lowest BCUT2D eigenvalue weighted by molar-refractivity contribution is -0.133. The van der Waals surface area contributed by atoms with Crippen LogP contribution in [-0.2, 0) is 13.7 Å². The van der Waals surface area contributed by atoms with Crippen LogP contribution in [0.15, 0.2) is 29.2 Å². The Morgan fingerprint density at radius 1 is 1.19 bits per heavy atom. The first-order valence-corrected chi connectivity index (χ1v) is 11.4. The van der Waals surface area contributed by atoms with Crippen LogP contribution in [0.2, 0.25) is 0 Å². The highest BCUT2D eigenvalue weighted by Crippen LogP contribution is 2.38. The van der Waals surface area contributed by atoms with E-state index in [0.717, 1.165) is 16.5 Å². The quantitative estimate of drug-likeness (QED) is 0.604. The lowest BCUT2D eigenvalue weighted by atomic mass is 9.87. The monoisotopic (exact) mass is 404 g/mol. The van der Waals surface area contributed by atoms with Gasteiger partial charge in [0.05, 0.1) is 15.9 Å². The molecule has 0 bridgehead atoms. The van der Waals surface area contributed by atoms with Gasteiger partial charge in [-0.3, -0.25) is 4.79 Å². The summed E-state index contributed by atoms with van der Waals surface area (Å²) in [7, 11) is -2.68. The molecule has 0 aromatic heterocycles. The van der Waals surface area contributed by atoms with Crippen LogP contribution in [0.1, 0.15) is 31.2 Å². The molecule has 1 saturated carbocycles. The molecule has 9 heteroatoms. The molecule has 0 unspecified atom stereocenters.